The molecule has 1 aromatic carbocycles. The van der Waals surface area contributed by atoms with Crippen molar-refractivity contribution in [3.63, 3.8) is 0 Å². The Hall–Kier alpha value is -1.27. The van der Waals surface area contributed by atoms with E-state index < -0.39 is 0 Å². The molecule has 0 aromatic heterocycles. The summed E-state index contributed by atoms with van der Waals surface area (Å²) in [7, 11) is 0. The van der Waals surface area contributed by atoms with Gasteiger partial charge >= 0.3 is 0 Å². The number of benzene rings is 1. The van der Waals surface area contributed by atoms with Crippen LogP contribution in [0.25, 0.3) is 0 Å². The van der Waals surface area contributed by atoms with Gasteiger partial charge in [-0.3, -0.25) is 0 Å². The van der Waals surface area contributed by atoms with Crippen LogP contribution in [0.2, 0.25) is 0 Å². The van der Waals surface area contributed by atoms with Crippen molar-refractivity contribution in [1.29, 1.82) is 0 Å². The number of halogens is 1. The van der Waals surface area contributed by atoms with E-state index >= 15 is 0 Å². The van der Waals surface area contributed by atoms with E-state index in [1.807, 2.05) is 0 Å². The fourth-order valence-corrected chi connectivity index (χ4v) is 1.84. The third-order valence-corrected chi connectivity index (χ3v) is 2.74. The molecule has 1 rings (SSSR count). The zero-order valence-electron chi connectivity index (χ0n) is 11.5. The van der Waals surface area contributed by atoms with Gasteiger partial charge in [0.2, 0.25) is 0 Å². The highest BCUT2D eigenvalue weighted by Crippen LogP contribution is 2.13. The maximum absolute atomic E-state index is 5.80. The predicted molar refractivity (Wildman–Crippen MR) is 82.0 cm³/mol. The van der Waals surface area contributed by atoms with Crippen molar-refractivity contribution in [2.75, 3.05) is 0 Å². The molecule has 18 heavy (non-hydrogen) atoms. The second kappa shape index (κ2) is 7.23. The van der Waals surface area contributed by atoms with Crippen LogP contribution in [0.4, 0.5) is 0 Å². The van der Waals surface area contributed by atoms with Gasteiger partial charge < -0.3 is 0 Å². The van der Waals surface area contributed by atoms with E-state index in [1.54, 1.807) is 0 Å². The Labute approximate surface area is 116 Å². The molecule has 0 heterocycles. The van der Waals surface area contributed by atoms with Crippen molar-refractivity contribution in [2.45, 2.75) is 33.6 Å². The van der Waals surface area contributed by atoms with Crippen LogP contribution in [0, 0.1) is 0 Å². The molecule has 0 saturated heterocycles. The highest BCUT2D eigenvalue weighted by atomic mass is 35.5. The average Bonchev–Trinajstić information content (AvgIpc) is 2.28. The lowest BCUT2D eigenvalue weighted by atomic mass is 10.0. The van der Waals surface area contributed by atoms with Crippen LogP contribution in [-0.4, -0.2) is 0 Å². The molecule has 0 unspecified atom stereocenters. The van der Waals surface area contributed by atoms with Crippen LogP contribution in [0.5, 0.6) is 0 Å². The molecule has 0 aliphatic carbocycles. The number of hydrogen-bond donors (Lipinski definition) is 0. The number of rotatable bonds is 5. The maximum atomic E-state index is 5.80. The topological polar surface area (TPSA) is 0 Å². The summed E-state index contributed by atoms with van der Waals surface area (Å²) in [6.07, 6.45) is 6.07. The van der Waals surface area contributed by atoms with Gasteiger partial charge in [0.05, 0.1) is 0 Å². The first-order valence-corrected chi connectivity index (χ1v) is 6.57. The van der Waals surface area contributed by atoms with Crippen LogP contribution in [-0.2, 0) is 12.8 Å². The van der Waals surface area contributed by atoms with Crippen molar-refractivity contribution in [3.05, 3.63) is 70.3 Å². The van der Waals surface area contributed by atoms with Crippen LogP contribution in [0.15, 0.2) is 59.2 Å². The van der Waals surface area contributed by atoms with E-state index in [-0.39, 0.29) is 0 Å². The van der Waals surface area contributed by atoms with E-state index in [4.69, 9.17) is 11.6 Å². The van der Waals surface area contributed by atoms with Gasteiger partial charge in [-0.05, 0) is 38.3 Å². The largest absolute Gasteiger partial charge is 0.0894 e. The molecule has 0 fully saturated rings. The Morgan fingerprint density at radius 2 is 1.50 bits per heavy atom. The van der Waals surface area contributed by atoms with Crippen molar-refractivity contribution >= 4 is 11.6 Å². The Balaban J connectivity index is 2.66. The fourth-order valence-electron chi connectivity index (χ4n) is 1.69. The lowest BCUT2D eigenvalue weighted by Crippen LogP contribution is -1.89. The van der Waals surface area contributed by atoms with Crippen LogP contribution < -0.4 is 0 Å². The minimum absolute atomic E-state index is 0.683. The lowest BCUT2D eigenvalue weighted by molar-refractivity contribution is 1.13. The maximum Gasteiger partial charge on any atom is 0.0153 e. The zero-order valence-corrected chi connectivity index (χ0v) is 12.2. The summed E-state index contributed by atoms with van der Waals surface area (Å²) >= 11 is 5.80. The van der Waals surface area contributed by atoms with Crippen molar-refractivity contribution in [2.24, 2.45) is 0 Å². The van der Waals surface area contributed by atoms with Gasteiger partial charge in [0.1, 0.15) is 0 Å². The first-order valence-electron chi connectivity index (χ1n) is 6.19. The molecule has 0 aliphatic heterocycles. The summed E-state index contributed by atoms with van der Waals surface area (Å²) < 4.78 is 0. The number of hydrogen-bond acceptors (Lipinski definition) is 0. The molecule has 0 amide bonds. The Morgan fingerprint density at radius 1 is 1.00 bits per heavy atom. The molecule has 96 valence electrons. The molecule has 1 aromatic rings. The first-order chi connectivity index (χ1) is 8.47. The molecule has 0 bridgehead atoms. The van der Waals surface area contributed by atoms with Crippen LogP contribution >= 0.6 is 11.6 Å². The van der Waals surface area contributed by atoms with Crippen LogP contribution in [0.1, 0.15) is 31.9 Å². The molecule has 0 N–H and O–H groups in total. The Morgan fingerprint density at radius 3 is 1.94 bits per heavy atom. The summed E-state index contributed by atoms with van der Waals surface area (Å²) in [6.45, 7) is 10.1. The molecule has 0 nitrogen and oxygen atoms in total. The monoisotopic (exact) mass is 260 g/mol. The first kappa shape index (κ1) is 14.8. The van der Waals surface area contributed by atoms with Crippen molar-refractivity contribution in [1.82, 2.24) is 0 Å². The third-order valence-electron chi connectivity index (χ3n) is 2.60. The average molecular weight is 261 g/mol. The standard InChI is InChI=1S/C17H21Cl/c1-13(2)5-6-14(3)11-16-7-9-17(10-8-16)12-15(4)18/h5-10H,4,11-12H2,1-3H3/b14-6+. The summed E-state index contributed by atoms with van der Waals surface area (Å²) in [5.41, 5.74) is 5.23. The predicted octanol–water partition coefficient (Wildman–Crippen LogP) is 5.44. The van der Waals surface area contributed by atoms with Crippen molar-refractivity contribution < 1.29 is 0 Å². The van der Waals surface area contributed by atoms with Gasteiger partial charge in [0.25, 0.3) is 0 Å². The van der Waals surface area contributed by atoms with Gasteiger partial charge in [-0.25, -0.2) is 0 Å². The molecule has 0 radical (unpaired) electrons. The lowest BCUT2D eigenvalue weighted by Gasteiger charge is -2.04. The molecule has 0 atom stereocenters. The second-order valence-electron chi connectivity index (χ2n) is 4.94. The molecular weight excluding hydrogens is 240 g/mol. The van der Waals surface area contributed by atoms with Crippen molar-refractivity contribution in [3.8, 4) is 0 Å². The van der Waals surface area contributed by atoms with Gasteiger partial charge in [0, 0.05) is 11.5 Å². The van der Waals surface area contributed by atoms with Gasteiger partial charge in [-0.1, -0.05) is 65.7 Å². The van der Waals surface area contributed by atoms with E-state index in [0.29, 0.717) is 5.03 Å². The van der Waals surface area contributed by atoms with Gasteiger partial charge in [0.15, 0.2) is 0 Å². The molecule has 0 spiro atoms. The van der Waals surface area contributed by atoms with Gasteiger partial charge in [-0.2, -0.15) is 0 Å². The van der Waals surface area contributed by atoms with Gasteiger partial charge in [-0.15, -0.1) is 0 Å². The smallest absolute Gasteiger partial charge is 0.0153 e. The fraction of sp³-hybridized carbons (Fsp3) is 0.294. The summed E-state index contributed by atoms with van der Waals surface area (Å²) in [5.74, 6) is 0. The molecule has 1 heteroatoms. The molecular formula is C17H21Cl. The quantitative estimate of drug-likeness (QED) is 0.619. The Bertz CT molecular complexity index is 457. The Kier molecular flexibility index (Phi) is 5.94. The summed E-state index contributed by atoms with van der Waals surface area (Å²) in [4.78, 5) is 0. The minimum atomic E-state index is 0.683. The summed E-state index contributed by atoms with van der Waals surface area (Å²) in [6, 6.07) is 8.57. The van der Waals surface area contributed by atoms with Crippen LogP contribution in [0.3, 0.4) is 0 Å². The highest BCUT2D eigenvalue weighted by molar-refractivity contribution is 6.29. The van der Waals surface area contributed by atoms with E-state index in [0.717, 1.165) is 12.8 Å². The molecule has 0 aliphatic rings. The van der Waals surface area contributed by atoms with E-state index in [9.17, 15) is 0 Å². The number of allylic oxidation sites excluding steroid dienone is 5. The summed E-state index contributed by atoms with van der Waals surface area (Å²) in [5, 5.41) is 0.683. The second-order valence-corrected chi connectivity index (χ2v) is 5.48. The highest BCUT2D eigenvalue weighted by Gasteiger charge is 1.97. The zero-order chi connectivity index (χ0) is 13.5. The molecule has 0 saturated carbocycles. The normalized spacial score (nSPS) is 11.2. The SMILES string of the molecule is C=C(Cl)Cc1ccc(C/C(C)=C/C=C(C)C)cc1. The van der Waals surface area contributed by atoms with E-state index in [2.05, 4.69) is 63.8 Å². The third kappa shape index (κ3) is 5.88. The van der Waals surface area contributed by atoms with E-state index in [1.165, 1.54) is 22.3 Å². The minimum Gasteiger partial charge on any atom is -0.0894 e.